The summed E-state index contributed by atoms with van der Waals surface area (Å²) < 4.78 is 18.1. The molecule has 0 heterocycles. The Morgan fingerprint density at radius 3 is 2.82 bits per heavy atom. The average Bonchev–Trinajstić information content (AvgIpc) is 2.27. The van der Waals surface area contributed by atoms with Crippen LogP contribution in [0, 0.1) is 10.1 Å². The summed E-state index contributed by atoms with van der Waals surface area (Å²) in [6, 6.07) is 3.71. The van der Waals surface area contributed by atoms with E-state index in [4.69, 9.17) is 11.6 Å². The van der Waals surface area contributed by atoms with Gasteiger partial charge in [0.1, 0.15) is 5.02 Å². The van der Waals surface area contributed by atoms with E-state index in [0.717, 1.165) is 6.07 Å². The van der Waals surface area contributed by atoms with Crippen molar-refractivity contribution in [3.8, 4) is 0 Å². The SMILES string of the molecule is CCOC(=O)C(F)c1cccc(Cl)c1[N+](=O)[O-]. The van der Waals surface area contributed by atoms with Gasteiger partial charge in [0, 0.05) is 0 Å². The zero-order valence-corrected chi connectivity index (χ0v) is 9.61. The molecule has 0 saturated carbocycles. The molecule has 0 fully saturated rings. The predicted molar refractivity (Wildman–Crippen MR) is 58.6 cm³/mol. The van der Waals surface area contributed by atoms with Gasteiger partial charge >= 0.3 is 5.97 Å². The second-order valence-corrected chi connectivity index (χ2v) is 3.46. The number of benzene rings is 1. The molecule has 0 aliphatic carbocycles. The highest BCUT2D eigenvalue weighted by Gasteiger charge is 2.30. The second kappa shape index (κ2) is 5.58. The lowest BCUT2D eigenvalue weighted by molar-refractivity contribution is -0.385. The summed E-state index contributed by atoms with van der Waals surface area (Å²) in [6.45, 7) is 1.50. The van der Waals surface area contributed by atoms with Crippen molar-refractivity contribution in [3.63, 3.8) is 0 Å². The van der Waals surface area contributed by atoms with Gasteiger partial charge in [-0.05, 0) is 19.1 Å². The third-order valence-electron chi connectivity index (χ3n) is 1.97. The quantitative estimate of drug-likeness (QED) is 0.475. The number of carbonyl (C=O) groups excluding carboxylic acids is 1. The largest absolute Gasteiger partial charge is 0.464 e. The zero-order valence-electron chi connectivity index (χ0n) is 8.85. The fourth-order valence-electron chi connectivity index (χ4n) is 1.27. The number of para-hydroxylation sites is 1. The van der Waals surface area contributed by atoms with Crippen LogP contribution in [0.3, 0.4) is 0 Å². The number of rotatable bonds is 4. The topological polar surface area (TPSA) is 69.4 Å². The van der Waals surface area contributed by atoms with E-state index < -0.39 is 28.3 Å². The Morgan fingerprint density at radius 2 is 2.29 bits per heavy atom. The Morgan fingerprint density at radius 1 is 1.65 bits per heavy atom. The fourth-order valence-corrected chi connectivity index (χ4v) is 1.52. The van der Waals surface area contributed by atoms with Crippen LogP contribution in [-0.4, -0.2) is 17.5 Å². The number of alkyl halides is 1. The number of hydrogen-bond donors (Lipinski definition) is 0. The van der Waals surface area contributed by atoms with Crippen LogP contribution in [0.25, 0.3) is 0 Å². The van der Waals surface area contributed by atoms with Gasteiger partial charge in [-0.15, -0.1) is 0 Å². The van der Waals surface area contributed by atoms with Crippen molar-refractivity contribution in [1.82, 2.24) is 0 Å². The van der Waals surface area contributed by atoms with Gasteiger partial charge < -0.3 is 4.74 Å². The molecule has 0 aliphatic heterocycles. The lowest BCUT2D eigenvalue weighted by Gasteiger charge is -2.08. The Balaban J connectivity index is 3.17. The number of carbonyl (C=O) groups is 1. The molecule has 0 aromatic heterocycles. The normalized spacial score (nSPS) is 11.9. The van der Waals surface area contributed by atoms with E-state index in [9.17, 15) is 19.3 Å². The fraction of sp³-hybridized carbons (Fsp3) is 0.300. The molecule has 17 heavy (non-hydrogen) atoms. The molecule has 5 nitrogen and oxygen atoms in total. The number of halogens is 2. The third-order valence-corrected chi connectivity index (χ3v) is 2.27. The summed E-state index contributed by atoms with van der Waals surface area (Å²) in [7, 11) is 0. The summed E-state index contributed by atoms with van der Waals surface area (Å²) in [6.07, 6.45) is -2.21. The van der Waals surface area contributed by atoms with Crippen molar-refractivity contribution in [3.05, 3.63) is 38.9 Å². The van der Waals surface area contributed by atoms with Crippen molar-refractivity contribution in [1.29, 1.82) is 0 Å². The molecule has 1 atom stereocenters. The van der Waals surface area contributed by atoms with E-state index in [1.54, 1.807) is 0 Å². The summed E-state index contributed by atoms with van der Waals surface area (Å²) in [5, 5.41) is 10.5. The van der Waals surface area contributed by atoms with Crippen LogP contribution < -0.4 is 0 Å². The van der Waals surface area contributed by atoms with Gasteiger partial charge in [-0.2, -0.15) is 0 Å². The van der Waals surface area contributed by atoms with Crippen LogP contribution >= 0.6 is 11.6 Å². The van der Waals surface area contributed by atoms with Crippen LogP contribution in [0.15, 0.2) is 18.2 Å². The van der Waals surface area contributed by atoms with Crippen LogP contribution in [-0.2, 0) is 9.53 Å². The van der Waals surface area contributed by atoms with Crippen molar-refractivity contribution < 1.29 is 18.8 Å². The molecule has 0 amide bonds. The molecule has 1 rings (SSSR count). The Hall–Kier alpha value is -1.69. The van der Waals surface area contributed by atoms with Gasteiger partial charge in [0.25, 0.3) is 5.69 Å². The van der Waals surface area contributed by atoms with Crippen LogP contribution in [0.2, 0.25) is 5.02 Å². The van der Waals surface area contributed by atoms with Crippen molar-refractivity contribution >= 4 is 23.3 Å². The number of esters is 1. The van der Waals surface area contributed by atoms with Gasteiger partial charge in [0.15, 0.2) is 0 Å². The molecule has 0 N–H and O–H groups in total. The van der Waals surface area contributed by atoms with E-state index in [2.05, 4.69) is 4.74 Å². The Kier molecular flexibility index (Phi) is 4.39. The van der Waals surface area contributed by atoms with Gasteiger partial charge in [-0.25, -0.2) is 9.18 Å². The monoisotopic (exact) mass is 261 g/mol. The van der Waals surface area contributed by atoms with E-state index in [1.807, 2.05) is 0 Å². The van der Waals surface area contributed by atoms with Crippen molar-refractivity contribution in [2.75, 3.05) is 6.61 Å². The first kappa shape index (κ1) is 13.4. The number of hydrogen-bond acceptors (Lipinski definition) is 4. The molecule has 0 radical (unpaired) electrons. The highest BCUT2D eigenvalue weighted by Crippen LogP contribution is 2.34. The maximum Gasteiger partial charge on any atom is 0.345 e. The van der Waals surface area contributed by atoms with Crippen LogP contribution in [0.4, 0.5) is 10.1 Å². The summed E-state index contributed by atoms with van der Waals surface area (Å²) >= 11 is 5.59. The molecule has 0 spiro atoms. The first-order valence-electron chi connectivity index (χ1n) is 4.72. The number of nitro groups is 1. The van der Waals surface area contributed by atoms with Gasteiger partial charge in [0.2, 0.25) is 6.17 Å². The lowest BCUT2D eigenvalue weighted by atomic mass is 10.1. The molecular formula is C10H9ClFNO4. The molecule has 0 saturated heterocycles. The Labute approximate surface area is 101 Å². The summed E-state index contributed by atoms with van der Waals surface area (Å²) in [5.74, 6) is -1.17. The summed E-state index contributed by atoms with van der Waals surface area (Å²) in [5.41, 5.74) is -1.02. The minimum absolute atomic E-state index is 0.00633. The van der Waals surface area contributed by atoms with Gasteiger partial charge in [-0.1, -0.05) is 17.7 Å². The van der Waals surface area contributed by atoms with Gasteiger partial charge in [0.05, 0.1) is 17.1 Å². The molecule has 7 heteroatoms. The Bertz CT molecular complexity index is 452. The molecule has 0 aliphatic rings. The molecule has 0 bridgehead atoms. The van der Waals surface area contributed by atoms with E-state index in [1.165, 1.54) is 19.1 Å². The van der Waals surface area contributed by atoms with Crippen molar-refractivity contribution in [2.45, 2.75) is 13.1 Å². The van der Waals surface area contributed by atoms with Crippen molar-refractivity contribution in [2.24, 2.45) is 0 Å². The second-order valence-electron chi connectivity index (χ2n) is 3.05. The highest BCUT2D eigenvalue weighted by atomic mass is 35.5. The number of nitro benzene ring substituents is 1. The maximum absolute atomic E-state index is 13.7. The minimum Gasteiger partial charge on any atom is -0.464 e. The first-order chi connectivity index (χ1) is 7.99. The molecule has 1 aromatic carbocycles. The smallest absolute Gasteiger partial charge is 0.345 e. The molecule has 1 unspecified atom stereocenters. The molecule has 1 aromatic rings. The standard InChI is InChI=1S/C10H9ClFNO4/c1-2-17-10(14)8(12)6-4-3-5-7(11)9(6)13(15)16/h3-5,8H,2H2,1H3. The average molecular weight is 262 g/mol. The first-order valence-corrected chi connectivity index (χ1v) is 5.10. The minimum atomic E-state index is -2.21. The highest BCUT2D eigenvalue weighted by molar-refractivity contribution is 6.32. The molecule has 92 valence electrons. The van der Waals surface area contributed by atoms with E-state index in [-0.39, 0.29) is 11.6 Å². The maximum atomic E-state index is 13.7. The zero-order chi connectivity index (χ0) is 13.0. The lowest BCUT2D eigenvalue weighted by Crippen LogP contribution is -2.13. The molecular weight excluding hydrogens is 253 g/mol. The van der Waals surface area contributed by atoms with Crippen LogP contribution in [0.1, 0.15) is 18.7 Å². The summed E-state index contributed by atoms with van der Waals surface area (Å²) in [4.78, 5) is 21.1. The van der Waals surface area contributed by atoms with Crippen LogP contribution in [0.5, 0.6) is 0 Å². The third kappa shape index (κ3) is 2.91. The number of ether oxygens (including phenoxy) is 1. The predicted octanol–water partition coefficient (Wildman–Crippen LogP) is 2.82. The van der Waals surface area contributed by atoms with Gasteiger partial charge in [-0.3, -0.25) is 10.1 Å². The van der Waals surface area contributed by atoms with E-state index in [0.29, 0.717) is 0 Å². The van der Waals surface area contributed by atoms with E-state index >= 15 is 0 Å². The number of nitrogens with zero attached hydrogens (tertiary/aromatic N) is 1.